The Kier molecular flexibility index (Phi) is 5.27. The maximum absolute atomic E-state index is 13.5. The fourth-order valence-electron chi connectivity index (χ4n) is 2.46. The molecule has 1 aliphatic carbocycles. The quantitative estimate of drug-likeness (QED) is 0.895. The van der Waals surface area contributed by atoms with Crippen LogP contribution < -0.4 is 15.4 Å². The number of urea groups is 1. The number of hydrogen-bond donors (Lipinski definition) is 2. The lowest BCUT2D eigenvalue weighted by Crippen LogP contribution is -2.36. The Hall–Kier alpha value is -1.50. The average Bonchev–Trinajstić information content (AvgIpc) is 2.85. The second-order valence-corrected chi connectivity index (χ2v) is 6.08. The zero-order chi connectivity index (χ0) is 15.4. The molecule has 2 atom stereocenters. The van der Waals surface area contributed by atoms with Crippen molar-refractivity contribution in [2.75, 3.05) is 18.7 Å². The van der Waals surface area contributed by atoms with Crippen molar-refractivity contribution < 1.29 is 18.3 Å². The molecule has 0 saturated heterocycles. The number of methoxy groups -OCH3 is 1. The summed E-state index contributed by atoms with van der Waals surface area (Å²) in [7, 11) is 1.18. The summed E-state index contributed by atoms with van der Waals surface area (Å²) in [5.74, 6) is -2.16. The fraction of sp³-hybridized carbons (Fsp3) is 0.500. The van der Waals surface area contributed by atoms with Crippen molar-refractivity contribution >= 4 is 23.5 Å². The molecular formula is C14H18F2N2O2S. The minimum atomic E-state index is -0.851. The molecule has 4 nitrogen and oxygen atoms in total. The predicted molar refractivity (Wildman–Crippen MR) is 80.0 cm³/mol. The van der Waals surface area contributed by atoms with Crippen molar-refractivity contribution in [3.05, 3.63) is 23.8 Å². The summed E-state index contributed by atoms with van der Waals surface area (Å²) < 4.78 is 31.6. The van der Waals surface area contributed by atoms with Crippen LogP contribution in [0.3, 0.4) is 0 Å². The molecule has 0 heterocycles. The molecular weight excluding hydrogens is 298 g/mol. The summed E-state index contributed by atoms with van der Waals surface area (Å²) in [4.78, 5) is 11.8. The van der Waals surface area contributed by atoms with Crippen molar-refractivity contribution in [1.82, 2.24) is 5.32 Å². The Morgan fingerprint density at radius 1 is 1.33 bits per heavy atom. The number of carbonyl (C=O) groups excluding carboxylic acids is 1. The van der Waals surface area contributed by atoms with Crippen molar-refractivity contribution in [3.8, 4) is 5.75 Å². The number of nitrogens with one attached hydrogen (secondary N) is 2. The summed E-state index contributed by atoms with van der Waals surface area (Å²) in [6, 6.07) is 1.71. The monoisotopic (exact) mass is 316 g/mol. The van der Waals surface area contributed by atoms with E-state index in [9.17, 15) is 13.6 Å². The van der Waals surface area contributed by atoms with E-state index in [1.54, 1.807) is 11.8 Å². The van der Waals surface area contributed by atoms with Gasteiger partial charge in [-0.2, -0.15) is 11.8 Å². The predicted octanol–water partition coefficient (Wildman–Crippen LogP) is 3.38. The third kappa shape index (κ3) is 4.00. The average molecular weight is 316 g/mol. The lowest BCUT2D eigenvalue weighted by Gasteiger charge is -2.14. The highest BCUT2D eigenvalue weighted by Crippen LogP contribution is 2.28. The molecule has 0 aliphatic heterocycles. The van der Waals surface area contributed by atoms with Gasteiger partial charge in [-0.15, -0.1) is 0 Å². The Bertz CT molecular complexity index is 505. The van der Waals surface area contributed by atoms with Gasteiger partial charge < -0.3 is 15.4 Å². The van der Waals surface area contributed by atoms with Gasteiger partial charge >= 0.3 is 6.03 Å². The highest BCUT2D eigenvalue weighted by atomic mass is 32.2. The van der Waals surface area contributed by atoms with Crippen LogP contribution in [0.15, 0.2) is 12.1 Å². The van der Waals surface area contributed by atoms with Crippen LogP contribution in [-0.2, 0) is 0 Å². The lowest BCUT2D eigenvalue weighted by molar-refractivity contribution is 0.248. The van der Waals surface area contributed by atoms with Crippen molar-refractivity contribution in [1.29, 1.82) is 0 Å². The Morgan fingerprint density at radius 3 is 2.52 bits per heavy atom. The number of carbonyl (C=O) groups is 1. The largest absolute Gasteiger partial charge is 0.491 e. The molecule has 116 valence electrons. The molecule has 0 unspecified atom stereocenters. The molecule has 0 aromatic heterocycles. The number of rotatable bonds is 4. The number of hydrogen-bond acceptors (Lipinski definition) is 3. The second kappa shape index (κ2) is 6.98. The number of benzene rings is 1. The van der Waals surface area contributed by atoms with E-state index >= 15 is 0 Å². The summed E-state index contributed by atoms with van der Waals surface area (Å²) >= 11 is 1.79. The molecule has 2 rings (SSSR count). The molecule has 0 spiro atoms. The van der Waals surface area contributed by atoms with E-state index in [4.69, 9.17) is 0 Å². The van der Waals surface area contributed by atoms with E-state index in [0.29, 0.717) is 5.25 Å². The first kappa shape index (κ1) is 15.9. The highest BCUT2D eigenvalue weighted by Gasteiger charge is 2.25. The standard InChI is InChI=1S/C14H18F2N2O2S/c1-20-13-11(15)6-9(7-12(13)16)18-14(19)17-8-3-4-10(5-8)21-2/h6-8,10H,3-5H2,1-2H3,(H2,17,18,19)/t8-,10-/m0/s1. The number of halogens is 2. The molecule has 0 bridgehead atoms. The van der Waals surface area contributed by atoms with Crippen LogP contribution in [0.2, 0.25) is 0 Å². The molecule has 1 saturated carbocycles. The van der Waals surface area contributed by atoms with E-state index < -0.39 is 23.4 Å². The first-order valence-electron chi connectivity index (χ1n) is 6.66. The van der Waals surface area contributed by atoms with Crippen LogP contribution in [-0.4, -0.2) is 30.7 Å². The van der Waals surface area contributed by atoms with E-state index in [0.717, 1.165) is 31.4 Å². The number of amides is 2. The summed E-state index contributed by atoms with van der Waals surface area (Å²) in [5, 5.41) is 5.82. The third-order valence-corrected chi connectivity index (χ3v) is 4.61. The lowest BCUT2D eigenvalue weighted by atomic mass is 10.2. The fourth-order valence-corrected chi connectivity index (χ4v) is 3.26. The molecule has 1 aromatic rings. The Balaban J connectivity index is 1.94. The summed E-state index contributed by atoms with van der Waals surface area (Å²) in [6.45, 7) is 0. The van der Waals surface area contributed by atoms with Gasteiger partial charge in [-0.1, -0.05) is 0 Å². The molecule has 2 N–H and O–H groups in total. The van der Waals surface area contributed by atoms with Gasteiger partial charge in [-0.3, -0.25) is 0 Å². The maximum Gasteiger partial charge on any atom is 0.319 e. The topological polar surface area (TPSA) is 50.4 Å². The molecule has 21 heavy (non-hydrogen) atoms. The van der Waals surface area contributed by atoms with E-state index in [1.807, 2.05) is 0 Å². The SMILES string of the molecule is COc1c(F)cc(NC(=O)N[C@H]2CC[C@H](SC)C2)cc1F. The van der Waals surface area contributed by atoms with Gasteiger partial charge in [-0.05, 0) is 25.5 Å². The molecule has 2 amide bonds. The van der Waals surface area contributed by atoms with Crippen LogP contribution in [0.1, 0.15) is 19.3 Å². The molecule has 1 fully saturated rings. The van der Waals surface area contributed by atoms with Gasteiger partial charge in [0.1, 0.15) is 0 Å². The number of thioether (sulfide) groups is 1. The molecule has 1 aromatic carbocycles. The minimum absolute atomic E-state index is 0.0581. The molecule has 0 radical (unpaired) electrons. The summed E-state index contributed by atoms with van der Waals surface area (Å²) in [6.07, 6.45) is 4.96. The normalized spacial score (nSPS) is 21.1. The number of ether oxygens (including phenoxy) is 1. The van der Waals surface area contributed by atoms with Crippen molar-refractivity contribution in [2.24, 2.45) is 0 Å². The van der Waals surface area contributed by atoms with Crippen molar-refractivity contribution in [2.45, 2.75) is 30.6 Å². The second-order valence-electron chi connectivity index (χ2n) is 4.94. The Morgan fingerprint density at radius 2 is 2.00 bits per heavy atom. The zero-order valence-electron chi connectivity index (χ0n) is 11.9. The van der Waals surface area contributed by atoms with Crippen LogP contribution in [0.5, 0.6) is 5.75 Å². The maximum atomic E-state index is 13.5. The van der Waals surface area contributed by atoms with Gasteiger partial charge in [0.2, 0.25) is 0 Å². The van der Waals surface area contributed by atoms with Crippen LogP contribution in [0.25, 0.3) is 0 Å². The zero-order valence-corrected chi connectivity index (χ0v) is 12.7. The molecule has 1 aliphatic rings. The van der Waals surface area contributed by atoms with Gasteiger partial charge in [-0.25, -0.2) is 13.6 Å². The number of anilines is 1. The Labute approximate surface area is 126 Å². The van der Waals surface area contributed by atoms with Crippen molar-refractivity contribution in [3.63, 3.8) is 0 Å². The minimum Gasteiger partial charge on any atom is -0.491 e. The van der Waals surface area contributed by atoms with Crippen LogP contribution in [0.4, 0.5) is 19.3 Å². The van der Waals surface area contributed by atoms with E-state index in [1.165, 1.54) is 7.11 Å². The van der Waals surface area contributed by atoms with Crippen LogP contribution in [0, 0.1) is 11.6 Å². The smallest absolute Gasteiger partial charge is 0.319 e. The first-order chi connectivity index (χ1) is 10.0. The van der Waals surface area contributed by atoms with Gasteiger partial charge in [0.05, 0.1) is 7.11 Å². The van der Waals surface area contributed by atoms with Crippen LogP contribution >= 0.6 is 11.8 Å². The van der Waals surface area contributed by atoms with Gasteiger partial charge in [0.25, 0.3) is 0 Å². The molecule has 7 heteroatoms. The first-order valence-corrected chi connectivity index (χ1v) is 7.95. The van der Waals surface area contributed by atoms with Gasteiger partial charge in [0, 0.05) is 29.1 Å². The van der Waals surface area contributed by atoms with E-state index in [-0.39, 0.29) is 11.7 Å². The van der Waals surface area contributed by atoms with E-state index in [2.05, 4.69) is 21.6 Å². The summed E-state index contributed by atoms with van der Waals surface area (Å²) in [5.41, 5.74) is 0.0581. The van der Waals surface area contributed by atoms with Gasteiger partial charge in [0.15, 0.2) is 17.4 Å². The third-order valence-electron chi connectivity index (χ3n) is 3.51. The highest BCUT2D eigenvalue weighted by molar-refractivity contribution is 7.99.